The van der Waals surface area contributed by atoms with Crippen LogP contribution < -0.4 is 0 Å². The summed E-state index contributed by atoms with van der Waals surface area (Å²) in [5.41, 5.74) is 2.05. The topological polar surface area (TPSA) is 58.2 Å². The second-order valence-electron chi connectivity index (χ2n) is 7.29. The maximum absolute atomic E-state index is 12.9. The zero-order chi connectivity index (χ0) is 19.3. The number of fused-ring (bicyclic) bond motifs is 1. The fraction of sp³-hybridized carbons (Fsp3) is 0.474. The van der Waals surface area contributed by atoms with Crippen LogP contribution in [0.3, 0.4) is 0 Å². The molecule has 1 aromatic heterocycles. The van der Waals surface area contributed by atoms with E-state index >= 15 is 0 Å². The molecule has 8 heteroatoms. The monoisotopic (exact) mass is 379 g/mol. The van der Waals surface area contributed by atoms with E-state index in [0.717, 1.165) is 17.3 Å². The van der Waals surface area contributed by atoms with Crippen LogP contribution in [0.1, 0.15) is 58.7 Å². The lowest BCUT2D eigenvalue weighted by Crippen LogP contribution is -2.49. The van der Waals surface area contributed by atoms with Crippen LogP contribution in [0.4, 0.5) is 13.2 Å². The number of likely N-dealkylation sites (tertiary alicyclic amines) is 1. The number of benzene rings is 1. The van der Waals surface area contributed by atoms with Crippen molar-refractivity contribution in [3.05, 3.63) is 52.3 Å². The lowest BCUT2D eigenvalue weighted by atomic mass is 9.89. The molecule has 1 fully saturated rings. The van der Waals surface area contributed by atoms with Crippen molar-refractivity contribution in [3.63, 3.8) is 0 Å². The van der Waals surface area contributed by atoms with Gasteiger partial charge in [-0.25, -0.2) is 0 Å². The van der Waals surface area contributed by atoms with E-state index in [4.69, 9.17) is 4.74 Å². The van der Waals surface area contributed by atoms with Crippen LogP contribution in [0.2, 0.25) is 0 Å². The minimum absolute atomic E-state index is 0.00546. The van der Waals surface area contributed by atoms with Crippen LogP contribution in [-0.2, 0) is 17.3 Å². The van der Waals surface area contributed by atoms with Crippen LogP contribution in [0.5, 0.6) is 0 Å². The molecule has 2 aliphatic rings. The Morgan fingerprint density at radius 3 is 2.74 bits per heavy atom. The number of ether oxygens (including phenoxy) is 1. The highest BCUT2D eigenvalue weighted by molar-refractivity contribution is 5.94. The molecule has 144 valence electrons. The van der Waals surface area contributed by atoms with E-state index in [1.165, 1.54) is 12.1 Å². The Labute approximate surface area is 154 Å². The first kappa shape index (κ1) is 18.0. The number of carbonyl (C=O) groups excluding carboxylic acids is 1. The molecule has 0 bridgehead atoms. The third kappa shape index (κ3) is 3.22. The molecule has 0 radical (unpaired) electrons. The molecule has 0 spiro atoms. The highest BCUT2D eigenvalue weighted by Crippen LogP contribution is 2.35. The van der Waals surface area contributed by atoms with Gasteiger partial charge in [-0.3, -0.25) is 9.89 Å². The summed E-state index contributed by atoms with van der Waals surface area (Å²) in [6.45, 7) is 4.65. The van der Waals surface area contributed by atoms with Gasteiger partial charge in [0.05, 0.1) is 23.5 Å². The lowest BCUT2D eigenvalue weighted by Gasteiger charge is -2.39. The average molecular weight is 379 g/mol. The third-order valence-corrected chi connectivity index (χ3v) is 5.29. The van der Waals surface area contributed by atoms with Gasteiger partial charge in [0.25, 0.3) is 5.91 Å². The largest absolute Gasteiger partial charge is 0.416 e. The Balaban J connectivity index is 1.47. The molecule has 1 N–H and O–H groups in total. The van der Waals surface area contributed by atoms with Gasteiger partial charge >= 0.3 is 6.18 Å². The van der Waals surface area contributed by atoms with Gasteiger partial charge in [-0.15, -0.1) is 0 Å². The Morgan fingerprint density at radius 2 is 2.04 bits per heavy atom. The van der Waals surface area contributed by atoms with Crippen molar-refractivity contribution in [1.29, 1.82) is 0 Å². The molecule has 2 aromatic rings. The van der Waals surface area contributed by atoms with E-state index in [2.05, 4.69) is 10.2 Å². The summed E-state index contributed by atoms with van der Waals surface area (Å²) in [6.07, 6.45) is -3.89. The van der Waals surface area contributed by atoms with Gasteiger partial charge in [0.2, 0.25) is 0 Å². The number of alkyl halides is 3. The van der Waals surface area contributed by atoms with E-state index in [1.54, 1.807) is 11.0 Å². The molecule has 3 heterocycles. The zero-order valence-corrected chi connectivity index (χ0v) is 15.0. The van der Waals surface area contributed by atoms with Crippen molar-refractivity contribution in [2.24, 2.45) is 0 Å². The molecule has 0 unspecified atom stereocenters. The summed E-state index contributed by atoms with van der Waals surface area (Å²) in [5, 5.41) is 7.08. The molecule has 2 atom stereocenters. The number of hydrogen-bond acceptors (Lipinski definition) is 3. The first-order valence-electron chi connectivity index (χ1n) is 8.93. The first-order chi connectivity index (χ1) is 12.7. The molecule has 2 aliphatic heterocycles. The number of hydrogen-bond donors (Lipinski definition) is 1. The predicted molar refractivity (Wildman–Crippen MR) is 91.3 cm³/mol. The van der Waals surface area contributed by atoms with Crippen molar-refractivity contribution in [1.82, 2.24) is 15.1 Å². The quantitative estimate of drug-likeness (QED) is 0.866. The molecule has 1 saturated heterocycles. The minimum Gasteiger partial charge on any atom is -0.369 e. The zero-order valence-electron chi connectivity index (χ0n) is 15.0. The summed E-state index contributed by atoms with van der Waals surface area (Å²) in [6, 6.07) is 5.32. The van der Waals surface area contributed by atoms with Crippen LogP contribution in [-0.4, -0.2) is 40.2 Å². The summed E-state index contributed by atoms with van der Waals surface area (Å²) in [7, 11) is 0. The van der Waals surface area contributed by atoms with Gasteiger partial charge in [-0.05, 0) is 25.5 Å². The smallest absolute Gasteiger partial charge is 0.369 e. The average Bonchev–Trinajstić information content (AvgIpc) is 2.97. The molecule has 1 aromatic carbocycles. The lowest BCUT2D eigenvalue weighted by molar-refractivity contribution is -0.137. The number of rotatable bonds is 2. The minimum atomic E-state index is -4.36. The predicted octanol–water partition coefficient (Wildman–Crippen LogP) is 3.69. The molecule has 1 amide bonds. The van der Waals surface area contributed by atoms with Crippen molar-refractivity contribution in [2.75, 3.05) is 13.1 Å². The Bertz CT molecular complexity index is 871. The number of halogens is 3. The summed E-state index contributed by atoms with van der Waals surface area (Å²) < 4.78 is 44.4. The standard InChI is InChI=1S/C19H20F3N3O2/c1-10-6-15-16(11(2)27-10)23-24-17(15)18(26)25-8-13(9-25)12-4-3-5-14(7-12)19(20,21)22/h3-5,7,10-11,13H,6,8-9H2,1-2H3,(H,23,24)/t10-,11+/m1/s1. The number of H-pyrrole nitrogens is 1. The Hall–Kier alpha value is -2.35. The maximum Gasteiger partial charge on any atom is 0.416 e. The van der Waals surface area contributed by atoms with Crippen LogP contribution >= 0.6 is 0 Å². The number of carbonyl (C=O) groups is 1. The number of amides is 1. The van der Waals surface area contributed by atoms with Crippen LogP contribution in [0.25, 0.3) is 0 Å². The number of nitrogens with one attached hydrogen (secondary N) is 1. The van der Waals surface area contributed by atoms with E-state index in [1.807, 2.05) is 13.8 Å². The SMILES string of the molecule is C[C@@H]1Cc2c(C(=O)N3CC(c4cccc(C(F)(F)F)c4)C3)n[nH]c2[C@H](C)O1. The molecule has 5 nitrogen and oxygen atoms in total. The number of nitrogens with zero attached hydrogens (tertiary/aromatic N) is 2. The molecule has 0 aliphatic carbocycles. The van der Waals surface area contributed by atoms with Crippen molar-refractivity contribution >= 4 is 5.91 Å². The first-order valence-corrected chi connectivity index (χ1v) is 8.93. The molecular weight excluding hydrogens is 359 g/mol. The molecule has 4 rings (SSSR count). The third-order valence-electron chi connectivity index (χ3n) is 5.29. The van der Waals surface area contributed by atoms with Gasteiger partial charge in [-0.2, -0.15) is 18.3 Å². The van der Waals surface area contributed by atoms with Gasteiger partial charge in [0.1, 0.15) is 0 Å². The van der Waals surface area contributed by atoms with Gasteiger partial charge in [0.15, 0.2) is 5.69 Å². The molecule has 0 saturated carbocycles. The highest BCUT2D eigenvalue weighted by Gasteiger charge is 2.38. The molecule has 27 heavy (non-hydrogen) atoms. The van der Waals surface area contributed by atoms with Gasteiger partial charge in [-0.1, -0.05) is 18.2 Å². The Morgan fingerprint density at radius 1 is 1.30 bits per heavy atom. The Kier molecular flexibility index (Phi) is 4.25. The fourth-order valence-electron chi connectivity index (χ4n) is 3.82. The summed E-state index contributed by atoms with van der Waals surface area (Å²) >= 11 is 0. The van der Waals surface area contributed by atoms with E-state index in [0.29, 0.717) is 30.8 Å². The van der Waals surface area contributed by atoms with E-state index < -0.39 is 11.7 Å². The van der Waals surface area contributed by atoms with Crippen LogP contribution in [0, 0.1) is 0 Å². The summed E-state index contributed by atoms with van der Waals surface area (Å²) in [5.74, 6) is -0.274. The fourth-order valence-corrected chi connectivity index (χ4v) is 3.82. The van der Waals surface area contributed by atoms with E-state index in [9.17, 15) is 18.0 Å². The number of aromatic amines is 1. The second-order valence-corrected chi connectivity index (χ2v) is 7.29. The van der Waals surface area contributed by atoms with Crippen LogP contribution in [0.15, 0.2) is 24.3 Å². The van der Waals surface area contributed by atoms with E-state index in [-0.39, 0.29) is 24.0 Å². The maximum atomic E-state index is 12.9. The molecular formula is C19H20F3N3O2. The van der Waals surface area contributed by atoms with Gasteiger partial charge in [0, 0.05) is 31.0 Å². The van der Waals surface area contributed by atoms with Crippen molar-refractivity contribution < 1.29 is 22.7 Å². The van der Waals surface area contributed by atoms with Crippen molar-refractivity contribution in [2.45, 2.75) is 44.6 Å². The highest BCUT2D eigenvalue weighted by atomic mass is 19.4. The van der Waals surface area contributed by atoms with Crippen molar-refractivity contribution in [3.8, 4) is 0 Å². The number of aromatic nitrogens is 2. The summed E-state index contributed by atoms with van der Waals surface area (Å²) in [4.78, 5) is 14.4. The normalized spacial score (nSPS) is 23.1. The van der Waals surface area contributed by atoms with Gasteiger partial charge < -0.3 is 9.64 Å². The second kappa shape index (κ2) is 6.37.